The third-order valence-corrected chi connectivity index (χ3v) is 6.79. The lowest BCUT2D eigenvalue weighted by Gasteiger charge is -2.26. The molecule has 0 saturated heterocycles. The summed E-state index contributed by atoms with van der Waals surface area (Å²) in [6, 6.07) is 22.9. The Morgan fingerprint density at radius 2 is 1.46 bits per heavy atom. The van der Waals surface area contributed by atoms with Crippen LogP contribution >= 0.6 is 0 Å². The number of hydrogen-bond acceptors (Lipinski definition) is 6. The van der Waals surface area contributed by atoms with Gasteiger partial charge in [-0.15, -0.1) is 0 Å². The Balaban J connectivity index is 1.45. The topological polar surface area (TPSA) is 128 Å². The fourth-order valence-corrected chi connectivity index (χ4v) is 4.89. The number of carbonyl (C=O) groups excluding carboxylic acids is 2. The first kappa shape index (κ1) is 27.8. The third kappa shape index (κ3) is 6.81. The lowest BCUT2D eigenvalue weighted by Crippen LogP contribution is -2.57. The molecule has 4 N–H and O–H groups in total. The highest BCUT2D eigenvalue weighted by molar-refractivity contribution is 5.89. The van der Waals surface area contributed by atoms with Crippen molar-refractivity contribution in [2.75, 3.05) is 20.2 Å². The molecule has 204 valence electrons. The SMILES string of the molecule is C[C@@H](O)[C@H](NC(=O)C(CN(C)Cc1ccccc1)NC(=O)OCC1c2ccccc2-c2ccccc21)C(=O)O. The number of aliphatic hydroxyl groups is 1. The highest BCUT2D eigenvalue weighted by Gasteiger charge is 2.32. The van der Waals surface area contributed by atoms with Crippen LogP contribution in [0, 0.1) is 0 Å². The van der Waals surface area contributed by atoms with Gasteiger partial charge in [-0.05, 0) is 41.8 Å². The molecule has 1 aliphatic rings. The lowest BCUT2D eigenvalue weighted by molar-refractivity contribution is -0.145. The molecule has 0 heterocycles. The zero-order chi connectivity index (χ0) is 27.9. The van der Waals surface area contributed by atoms with Crippen molar-refractivity contribution in [2.24, 2.45) is 0 Å². The fraction of sp³-hybridized carbons (Fsp3) is 0.300. The minimum atomic E-state index is -1.52. The van der Waals surface area contributed by atoms with Crippen LogP contribution in [0.3, 0.4) is 0 Å². The molecule has 0 bridgehead atoms. The van der Waals surface area contributed by atoms with Gasteiger partial charge in [-0.1, -0.05) is 78.9 Å². The second-order valence-corrected chi connectivity index (χ2v) is 9.77. The molecule has 0 aliphatic heterocycles. The van der Waals surface area contributed by atoms with Gasteiger partial charge in [0.2, 0.25) is 5.91 Å². The van der Waals surface area contributed by atoms with Crippen LogP contribution in [0.2, 0.25) is 0 Å². The van der Waals surface area contributed by atoms with E-state index in [1.54, 1.807) is 7.05 Å². The van der Waals surface area contributed by atoms with Crippen LogP contribution in [-0.2, 0) is 20.9 Å². The molecule has 0 aromatic heterocycles. The van der Waals surface area contributed by atoms with E-state index in [-0.39, 0.29) is 19.1 Å². The average molecular weight is 532 g/mol. The molecule has 3 atom stereocenters. The number of carbonyl (C=O) groups is 3. The highest BCUT2D eigenvalue weighted by atomic mass is 16.5. The highest BCUT2D eigenvalue weighted by Crippen LogP contribution is 2.44. The number of aliphatic hydroxyl groups excluding tert-OH is 1. The van der Waals surface area contributed by atoms with Gasteiger partial charge in [-0.2, -0.15) is 0 Å². The minimum Gasteiger partial charge on any atom is -0.480 e. The summed E-state index contributed by atoms with van der Waals surface area (Å²) >= 11 is 0. The van der Waals surface area contributed by atoms with E-state index in [0.29, 0.717) is 6.54 Å². The first-order chi connectivity index (χ1) is 18.7. The molecule has 3 aromatic rings. The number of amides is 2. The van der Waals surface area contributed by atoms with Crippen molar-refractivity contribution in [1.29, 1.82) is 0 Å². The number of carboxylic acid groups (broad SMARTS) is 1. The van der Waals surface area contributed by atoms with Gasteiger partial charge in [-0.3, -0.25) is 9.69 Å². The van der Waals surface area contributed by atoms with Gasteiger partial charge in [0, 0.05) is 19.0 Å². The van der Waals surface area contributed by atoms with E-state index in [4.69, 9.17) is 4.74 Å². The molecule has 9 nitrogen and oxygen atoms in total. The maximum atomic E-state index is 13.1. The standard InChI is InChI=1S/C30H33N3O6/c1-19(34)27(29(36)37)32-28(35)26(17-33(2)16-20-10-4-3-5-11-20)31-30(38)39-18-25-23-14-8-6-12-21(23)22-13-7-9-15-24(22)25/h3-15,19,25-27,34H,16-18H2,1-2H3,(H,31,38)(H,32,35)(H,36,37)/t19-,26?,27+/m1/s1. The van der Waals surface area contributed by atoms with Crippen molar-refractivity contribution in [2.45, 2.75) is 37.6 Å². The quantitative estimate of drug-likeness (QED) is 0.300. The van der Waals surface area contributed by atoms with E-state index in [9.17, 15) is 24.6 Å². The van der Waals surface area contributed by atoms with E-state index in [0.717, 1.165) is 27.8 Å². The van der Waals surface area contributed by atoms with E-state index >= 15 is 0 Å². The molecule has 9 heteroatoms. The Morgan fingerprint density at radius 3 is 2.03 bits per heavy atom. The van der Waals surface area contributed by atoms with Crippen molar-refractivity contribution in [3.63, 3.8) is 0 Å². The second-order valence-electron chi connectivity index (χ2n) is 9.77. The lowest BCUT2D eigenvalue weighted by atomic mass is 9.98. The summed E-state index contributed by atoms with van der Waals surface area (Å²) in [5.41, 5.74) is 5.32. The number of fused-ring (bicyclic) bond motifs is 3. The minimum absolute atomic E-state index is 0.0689. The maximum absolute atomic E-state index is 13.1. The molecular formula is C30H33N3O6. The number of aliphatic carboxylic acids is 1. The number of hydrogen-bond donors (Lipinski definition) is 4. The normalized spacial score (nSPS) is 14.6. The molecule has 3 aromatic carbocycles. The summed E-state index contributed by atoms with van der Waals surface area (Å²) in [4.78, 5) is 39.4. The van der Waals surface area contributed by atoms with Crippen LogP contribution in [0.25, 0.3) is 11.1 Å². The van der Waals surface area contributed by atoms with Crippen LogP contribution in [0.5, 0.6) is 0 Å². The molecule has 0 spiro atoms. The fourth-order valence-electron chi connectivity index (χ4n) is 4.89. The summed E-state index contributed by atoms with van der Waals surface area (Å²) in [5.74, 6) is -2.27. The predicted molar refractivity (Wildman–Crippen MR) is 146 cm³/mol. The van der Waals surface area contributed by atoms with Crippen molar-refractivity contribution in [1.82, 2.24) is 15.5 Å². The van der Waals surface area contributed by atoms with Crippen LogP contribution in [-0.4, -0.2) is 71.5 Å². The smallest absolute Gasteiger partial charge is 0.407 e. The average Bonchev–Trinajstić information content (AvgIpc) is 3.24. The van der Waals surface area contributed by atoms with Crippen LogP contribution < -0.4 is 10.6 Å². The Labute approximate surface area is 227 Å². The van der Waals surface area contributed by atoms with Gasteiger partial charge in [-0.25, -0.2) is 9.59 Å². The number of alkyl carbamates (subject to hydrolysis) is 1. The van der Waals surface area contributed by atoms with Crippen molar-refractivity contribution in [3.05, 3.63) is 95.6 Å². The zero-order valence-corrected chi connectivity index (χ0v) is 21.9. The molecule has 39 heavy (non-hydrogen) atoms. The van der Waals surface area contributed by atoms with Crippen LogP contribution in [0.1, 0.15) is 29.5 Å². The number of ether oxygens (including phenoxy) is 1. The molecule has 0 fully saturated rings. The summed E-state index contributed by atoms with van der Waals surface area (Å²) in [7, 11) is 1.79. The summed E-state index contributed by atoms with van der Waals surface area (Å²) in [6.07, 6.45) is -2.13. The largest absolute Gasteiger partial charge is 0.480 e. The first-order valence-corrected chi connectivity index (χ1v) is 12.8. The molecule has 4 rings (SSSR count). The summed E-state index contributed by atoms with van der Waals surface area (Å²) < 4.78 is 5.61. The predicted octanol–water partition coefficient (Wildman–Crippen LogP) is 2.98. The molecule has 0 saturated carbocycles. The number of carboxylic acids is 1. The monoisotopic (exact) mass is 531 g/mol. The van der Waals surface area contributed by atoms with E-state index < -0.39 is 36.2 Å². The number of nitrogens with one attached hydrogen (secondary N) is 2. The molecule has 0 radical (unpaired) electrons. The Kier molecular flexibility index (Phi) is 8.96. The molecular weight excluding hydrogens is 498 g/mol. The molecule has 2 amide bonds. The first-order valence-electron chi connectivity index (χ1n) is 12.8. The van der Waals surface area contributed by atoms with E-state index in [1.807, 2.05) is 83.8 Å². The molecule has 1 unspecified atom stereocenters. The Bertz CT molecular complexity index is 1270. The van der Waals surface area contributed by atoms with Crippen LogP contribution in [0.4, 0.5) is 4.79 Å². The van der Waals surface area contributed by atoms with Crippen molar-refractivity contribution < 1.29 is 29.3 Å². The van der Waals surface area contributed by atoms with E-state index in [1.165, 1.54) is 6.92 Å². The van der Waals surface area contributed by atoms with Gasteiger partial charge >= 0.3 is 12.1 Å². The number of benzene rings is 3. The molecule has 1 aliphatic carbocycles. The van der Waals surface area contributed by atoms with Gasteiger partial charge in [0.05, 0.1) is 6.10 Å². The Hall–Kier alpha value is -4.21. The van der Waals surface area contributed by atoms with Gasteiger partial charge < -0.3 is 25.6 Å². The number of likely N-dealkylation sites (N-methyl/N-ethyl adjacent to an activating group) is 1. The third-order valence-electron chi connectivity index (χ3n) is 6.79. The maximum Gasteiger partial charge on any atom is 0.407 e. The van der Waals surface area contributed by atoms with Crippen molar-refractivity contribution in [3.8, 4) is 11.1 Å². The Morgan fingerprint density at radius 1 is 0.897 bits per heavy atom. The zero-order valence-electron chi connectivity index (χ0n) is 21.9. The summed E-state index contributed by atoms with van der Waals surface area (Å²) in [5, 5.41) is 24.1. The van der Waals surface area contributed by atoms with Crippen molar-refractivity contribution >= 4 is 18.0 Å². The van der Waals surface area contributed by atoms with E-state index in [2.05, 4.69) is 10.6 Å². The van der Waals surface area contributed by atoms with Gasteiger partial charge in [0.25, 0.3) is 0 Å². The number of nitrogens with zero attached hydrogens (tertiary/aromatic N) is 1. The second kappa shape index (κ2) is 12.6. The summed E-state index contributed by atoms with van der Waals surface area (Å²) in [6.45, 7) is 1.92. The van der Waals surface area contributed by atoms with Gasteiger partial charge in [0.1, 0.15) is 12.6 Å². The van der Waals surface area contributed by atoms with Crippen LogP contribution in [0.15, 0.2) is 78.9 Å². The van der Waals surface area contributed by atoms with Gasteiger partial charge in [0.15, 0.2) is 6.04 Å². The number of rotatable bonds is 11.